The molecule has 154 valence electrons. The average molecular weight is 427 g/mol. The molecule has 2 saturated heterocycles. The van der Waals surface area contributed by atoms with Gasteiger partial charge in [0, 0.05) is 31.9 Å². The van der Waals surface area contributed by atoms with Gasteiger partial charge in [-0.05, 0) is 56.7 Å². The molecule has 2 aromatic rings. The van der Waals surface area contributed by atoms with Crippen molar-refractivity contribution in [3.8, 4) is 5.69 Å². The van der Waals surface area contributed by atoms with Gasteiger partial charge < -0.3 is 10.1 Å². The summed E-state index contributed by atoms with van der Waals surface area (Å²) in [5, 5.41) is 7.58. The summed E-state index contributed by atoms with van der Waals surface area (Å²) in [5.74, 6) is 0.0148. The Morgan fingerprint density at radius 1 is 1.25 bits per heavy atom. The third-order valence-corrected chi connectivity index (χ3v) is 5.56. The molecule has 8 heteroatoms. The zero-order chi connectivity index (χ0) is 18.0. The second-order valence-corrected chi connectivity index (χ2v) is 7.58. The van der Waals surface area contributed by atoms with E-state index in [4.69, 9.17) is 4.74 Å². The second kappa shape index (κ2) is 9.74. The van der Waals surface area contributed by atoms with Gasteiger partial charge in [0.1, 0.15) is 6.10 Å². The quantitative estimate of drug-likeness (QED) is 0.744. The zero-order valence-electron chi connectivity index (χ0n) is 16.0. The van der Waals surface area contributed by atoms with Gasteiger partial charge in [0.2, 0.25) is 0 Å². The molecule has 0 radical (unpaired) electrons. The fourth-order valence-corrected chi connectivity index (χ4v) is 4.15. The maximum atomic E-state index is 12.4. The Morgan fingerprint density at radius 3 is 2.61 bits per heavy atom. The van der Waals surface area contributed by atoms with Gasteiger partial charge >= 0.3 is 5.97 Å². The molecule has 1 N–H and O–H groups in total. The van der Waals surface area contributed by atoms with Crippen molar-refractivity contribution in [1.82, 2.24) is 20.0 Å². The maximum absolute atomic E-state index is 12.4. The van der Waals surface area contributed by atoms with Crippen LogP contribution in [0.25, 0.3) is 5.69 Å². The number of piperidine rings is 1. The lowest BCUT2D eigenvalue weighted by Crippen LogP contribution is -2.39. The van der Waals surface area contributed by atoms with E-state index in [1.54, 1.807) is 6.20 Å². The number of benzene rings is 1. The van der Waals surface area contributed by atoms with E-state index in [-0.39, 0.29) is 42.3 Å². The molecule has 28 heavy (non-hydrogen) atoms. The Labute approximate surface area is 178 Å². The first-order valence-corrected chi connectivity index (χ1v) is 9.34. The number of halogens is 2. The molecular weight excluding hydrogens is 399 g/mol. The molecule has 2 aliphatic rings. The minimum Gasteiger partial charge on any atom is -0.461 e. The summed E-state index contributed by atoms with van der Waals surface area (Å²) >= 11 is 0. The van der Waals surface area contributed by atoms with Crippen molar-refractivity contribution in [2.45, 2.75) is 31.9 Å². The molecule has 0 aliphatic carbocycles. The zero-order valence-corrected chi connectivity index (χ0v) is 17.7. The summed E-state index contributed by atoms with van der Waals surface area (Å²) in [7, 11) is 2.09. The van der Waals surface area contributed by atoms with Crippen LogP contribution < -0.4 is 5.32 Å². The predicted octanol–water partition coefficient (Wildman–Crippen LogP) is 2.83. The second-order valence-electron chi connectivity index (χ2n) is 7.58. The minimum absolute atomic E-state index is 0. The van der Waals surface area contributed by atoms with Crippen molar-refractivity contribution < 1.29 is 9.53 Å². The van der Waals surface area contributed by atoms with Crippen molar-refractivity contribution in [2.75, 3.05) is 26.7 Å². The van der Waals surface area contributed by atoms with E-state index < -0.39 is 0 Å². The van der Waals surface area contributed by atoms with Crippen LogP contribution in [0.2, 0.25) is 0 Å². The van der Waals surface area contributed by atoms with Crippen molar-refractivity contribution in [3.05, 3.63) is 48.3 Å². The molecular formula is C20H28Cl2N4O2. The molecule has 6 nitrogen and oxygen atoms in total. The number of likely N-dealkylation sites (N-methyl/N-ethyl adjacent to an activating group) is 1. The monoisotopic (exact) mass is 426 g/mol. The fraction of sp³-hybridized carbons (Fsp3) is 0.500. The molecule has 1 spiro atoms. The number of ether oxygens (including phenoxy) is 1. The van der Waals surface area contributed by atoms with E-state index in [1.165, 1.54) is 5.56 Å². The summed E-state index contributed by atoms with van der Waals surface area (Å²) in [6.45, 7) is 3.45. The Bertz CT molecular complexity index is 746. The third kappa shape index (κ3) is 4.87. The number of carbonyl (C=O) groups is 1. The Hall–Kier alpha value is -1.60. The van der Waals surface area contributed by atoms with Crippen LogP contribution in [0.3, 0.4) is 0 Å². The van der Waals surface area contributed by atoms with Crippen LogP contribution in [-0.2, 0) is 16.1 Å². The van der Waals surface area contributed by atoms with Gasteiger partial charge in [-0.2, -0.15) is 5.10 Å². The summed E-state index contributed by atoms with van der Waals surface area (Å²) in [6.07, 6.45) is 6.39. The van der Waals surface area contributed by atoms with Crippen LogP contribution >= 0.6 is 24.8 Å². The third-order valence-electron chi connectivity index (χ3n) is 5.56. The minimum atomic E-state index is -0.234. The number of aromatic nitrogens is 2. The Morgan fingerprint density at radius 2 is 1.96 bits per heavy atom. The highest BCUT2D eigenvalue weighted by Crippen LogP contribution is 2.41. The standard InChI is InChI=1S/C20H26N4O2.2ClH/c1-23(14-16-3-5-17(6-4-16)24-12-2-9-22-24)15-18-13-20(19(25)26-18)7-10-21-11-8-20;;/h2-6,9,12,18,21H,7-8,10-11,13-15H2,1H3;2*1H. The number of nitrogens with zero attached hydrogens (tertiary/aromatic N) is 3. The van der Waals surface area contributed by atoms with Crippen LogP contribution in [0, 0.1) is 5.41 Å². The van der Waals surface area contributed by atoms with E-state index in [2.05, 4.69) is 46.6 Å². The molecule has 1 aromatic heterocycles. The molecule has 1 unspecified atom stereocenters. The van der Waals surface area contributed by atoms with Gasteiger partial charge in [-0.3, -0.25) is 9.69 Å². The van der Waals surface area contributed by atoms with Crippen LogP contribution in [0.1, 0.15) is 24.8 Å². The van der Waals surface area contributed by atoms with Gasteiger partial charge in [0.25, 0.3) is 0 Å². The highest BCUT2D eigenvalue weighted by atomic mass is 35.5. The lowest BCUT2D eigenvalue weighted by atomic mass is 9.76. The number of hydrogen-bond donors (Lipinski definition) is 1. The molecule has 4 rings (SSSR count). The van der Waals surface area contributed by atoms with Crippen molar-refractivity contribution in [2.24, 2.45) is 5.41 Å². The molecule has 2 aliphatic heterocycles. The van der Waals surface area contributed by atoms with Gasteiger partial charge in [-0.25, -0.2) is 4.68 Å². The highest BCUT2D eigenvalue weighted by Gasteiger charge is 2.49. The number of hydrogen-bond acceptors (Lipinski definition) is 5. The van der Waals surface area contributed by atoms with E-state index >= 15 is 0 Å². The van der Waals surface area contributed by atoms with Gasteiger partial charge in [0.05, 0.1) is 11.1 Å². The first-order chi connectivity index (χ1) is 12.6. The topological polar surface area (TPSA) is 59.4 Å². The van der Waals surface area contributed by atoms with Crippen molar-refractivity contribution in [1.29, 1.82) is 0 Å². The average Bonchev–Trinajstić information content (AvgIpc) is 3.26. The fourth-order valence-electron chi connectivity index (χ4n) is 4.15. The van der Waals surface area contributed by atoms with E-state index in [1.807, 2.05) is 16.9 Å². The van der Waals surface area contributed by atoms with Crippen LogP contribution in [0.5, 0.6) is 0 Å². The van der Waals surface area contributed by atoms with Gasteiger partial charge in [0.15, 0.2) is 0 Å². The van der Waals surface area contributed by atoms with Crippen LogP contribution in [-0.4, -0.2) is 53.4 Å². The highest BCUT2D eigenvalue weighted by molar-refractivity contribution is 5.85. The smallest absolute Gasteiger partial charge is 0.312 e. The Balaban J connectivity index is 0.00000140. The number of cyclic esters (lactones) is 1. The Kier molecular flexibility index (Phi) is 7.89. The van der Waals surface area contributed by atoms with Crippen molar-refractivity contribution >= 4 is 30.8 Å². The number of rotatable bonds is 5. The summed E-state index contributed by atoms with van der Waals surface area (Å²) < 4.78 is 7.56. The first kappa shape index (κ1) is 22.7. The molecule has 1 aromatic carbocycles. The van der Waals surface area contributed by atoms with E-state index in [9.17, 15) is 4.79 Å². The van der Waals surface area contributed by atoms with E-state index in [0.717, 1.165) is 51.1 Å². The number of carbonyl (C=O) groups excluding carboxylic acids is 1. The lowest BCUT2D eigenvalue weighted by molar-refractivity contribution is -0.150. The molecule has 1 atom stereocenters. The molecule has 0 bridgehead atoms. The molecule has 2 fully saturated rings. The summed E-state index contributed by atoms with van der Waals surface area (Å²) in [5.41, 5.74) is 2.06. The van der Waals surface area contributed by atoms with E-state index in [0.29, 0.717) is 0 Å². The molecule has 0 amide bonds. The molecule has 0 saturated carbocycles. The summed E-state index contributed by atoms with van der Waals surface area (Å²) in [6, 6.07) is 10.3. The van der Waals surface area contributed by atoms with Gasteiger partial charge in [-0.1, -0.05) is 12.1 Å². The normalized spacial score (nSPS) is 20.5. The van der Waals surface area contributed by atoms with Crippen molar-refractivity contribution in [3.63, 3.8) is 0 Å². The van der Waals surface area contributed by atoms with Crippen LogP contribution in [0.4, 0.5) is 0 Å². The number of nitrogens with one attached hydrogen (secondary N) is 1. The maximum Gasteiger partial charge on any atom is 0.312 e. The SMILES string of the molecule is CN(Cc1ccc(-n2cccn2)cc1)CC1CC2(CCNCC2)C(=O)O1.Cl.Cl. The predicted molar refractivity (Wildman–Crippen MR) is 113 cm³/mol. The molecule has 3 heterocycles. The first-order valence-electron chi connectivity index (χ1n) is 9.34. The largest absolute Gasteiger partial charge is 0.461 e. The number of esters is 1. The summed E-state index contributed by atoms with van der Waals surface area (Å²) in [4.78, 5) is 14.6. The van der Waals surface area contributed by atoms with Crippen LogP contribution in [0.15, 0.2) is 42.7 Å². The van der Waals surface area contributed by atoms with Gasteiger partial charge in [-0.15, -0.1) is 24.8 Å². The lowest BCUT2D eigenvalue weighted by Gasteiger charge is -2.29.